The van der Waals surface area contributed by atoms with Gasteiger partial charge in [-0.3, -0.25) is 0 Å². The molecule has 0 bridgehead atoms. The quantitative estimate of drug-likeness (QED) is 0.158. The van der Waals surface area contributed by atoms with E-state index in [0.717, 1.165) is 10.9 Å². The van der Waals surface area contributed by atoms with Crippen molar-refractivity contribution >= 4 is 62.6 Å². The fourth-order valence-electron chi connectivity index (χ4n) is 5.46. The Hall–Kier alpha value is -3.06. The van der Waals surface area contributed by atoms with Crippen LogP contribution in [0.5, 0.6) is 0 Å². The number of H-pyrrole nitrogens is 2. The van der Waals surface area contributed by atoms with Crippen LogP contribution in [0.1, 0.15) is 16.7 Å². The molecule has 4 heterocycles. The molecule has 214 valence electrons. The highest BCUT2D eigenvalue weighted by Gasteiger charge is 2.44. The highest BCUT2D eigenvalue weighted by molar-refractivity contribution is 6.43. The fraction of sp³-hybridized carbons (Fsp3) is 0.250. The average Bonchev–Trinajstić information content (AvgIpc) is 3.67. The van der Waals surface area contributed by atoms with Crippen LogP contribution in [-0.4, -0.2) is 79.1 Å². The Balaban J connectivity index is 1.62. The van der Waals surface area contributed by atoms with Crippen LogP contribution >= 0.6 is 34.8 Å². The first kappa shape index (κ1) is 28.1. The minimum absolute atomic E-state index is 0.192. The molecule has 1 saturated heterocycles. The van der Waals surface area contributed by atoms with Crippen LogP contribution in [0.15, 0.2) is 48.9 Å². The van der Waals surface area contributed by atoms with E-state index in [1.807, 2.05) is 6.07 Å². The van der Waals surface area contributed by atoms with Gasteiger partial charge < -0.3 is 44.4 Å². The fourth-order valence-corrected chi connectivity index (χ4v) is 5.95. The number of aliphatic hydroxyl groups is 4. The molecule has 1 aliphatic heterocycles. The van der Waals surface area contributed by atoms with Gasteiger partial charge in [-0.1, -0.05) is 34.8 Å². The van der Waals surface area contributed by atoms with E-state index in [0.29, 0.717) is 38.2 Å². The lowest BCUT2D eigenvalue weighted by molar-refractivity contribution is -0.250. The summed E-state index contributed by atoms with van der Waals surface area (Å²) in [4.78, 5) is 19.1. The van der Waals surface area contributed by atoms with Crippen LogP contribution in [0.2, 0.25) is 15.1 Å². The lowest BCUT2D eigenvalue weighted by Crippen LogP contribution is -2.56. The third-order valence-electron chi connectivity index (χ3n) is 7.49. The second-order valence-corrected chi connectivity index (χ2v) is 11.0. The second kappa shape index (κ2) is 10.6. The summed E-state index contributed by atoms with van der Waals surface area (Å²) in [7, 11) is 1.28. The summed E-state index contributed by atoms with van der Waals surface area (Å²) < 4.78 is 12.5. The minimum atomic E-state index is -1.60. The van der Waals surface area contributed by atoms with Crippen molar-refractivity contribution in [3.05, 3.63) is 69.7 Å². The maximum absolute atomic E-state index is 12.9. The summed E-state index contributed by atoms with van der Waals surface area (Å²) in [5.74, 6) is -0.596. The predicted molar refractivity (Wildman–Crippen MR) is 154 cm³/mol. The lowest BCUT2D eigenvalue weighted by Gasteiger charge is -2.40. The number of fused-ring (bicyclic) bond motifs is 2. The number of nitrogens with one attached hydrogen (secondary N) is 2. The van der Waals surface area contributed by atoms with Crippen molar-refractivity contribution in [1.29, 1.82) is 0 Å². The summed E-state index contributed by atoms with van der Waals surface area (Å²) in [6.07, 6.45) is -1.95. The van der Waals surface area contributed by atoms with Gasteiger partial charge in [0, 0.05) is 62.2 Å². The maximum Gasteiger partial charge on any atom is 0.355 e. The number of hydrogen-bond donors (Lipinski definition) is 6. The van der Waals surface area contributed by atoms with Crippen molar-refractivity contribution in [2.45, 2.75) is 30.6 Å². The summed E-state index contributed by atoms with van der Waals surface area (Å²) >= 11 is 19.2. The zero-order valence-electron chi connectivity index (χ0n) is 21.3. The number of rotatable bonds is 5. The number of carbonyl (C=O) groups is 1. The number of esters is 1. The Bertz CT molecular complexity index is 1790. The zero-order chi connectivity index (χ0) is 29.2. The molecule has 0 unspecified atom stereocenters. The molecule has 3 aromatic heterocycles. The number of nitrogens with zero attached hydrogens (tertiary/aromatic N) is 1. The number of aromatic nitrogens is 3. The van der Waals surface area contributed by atoms with E-state index in [2.05, 4.69) is 9.97 Å². The van der Waals surface area contributed by atoms with Crippen molar-refractivity contribution in [3.63, 3.8) is 0 Å². The first-order chi connectivity index (χ1) is 19.6. The normalized spacial score (nSPS) is 23.0. The molecule has 0 amide bonds. The molecule has 5 aromatic rings. The molecule has 0 saturated carbocycles. The Morgan fingerprint density at radius 2 is 1.68 bits per heavy atom. The average molecular weight is 621 g/mol. The number of carbonyl (C=O) groups excluding carboxylic acids is 1. The summed E-state index contributed by atoms with van der Waals surface area (Å²) in [6, 6.07) is 8.61. The van der Waals surface area contributed by atoms with E-state index in [4.69, 9.17) is 44.3 Å². The van der Waals surface area contributed by atoms with E-state index < -0.39 is 43.2 Å². The van der Waals surface area contributed by atoms with Gasteiger partial charge in [0.25, 0.3) is 0 Å². The van der Waals surface area contributed by atoms with Gasteiger partial charge >= 0.3 is 5.97 Å². The second-order valence-electron chi connectivity index (χ2n) is 9.79. The summed E-state index contributed by atoms with van der Waals surface area (Å²) in [5.41, 5.74) is 3.82. The van der Waals surface area contributed by atoms with E-state index in [-0.39, 0.29) is 15.7 Å². The van der Waals surface area contributed by atoms with Gasteiger partial charge in [0.05, 0.1) is 29.3 Å². The van der Waals surface area contributed by atoms with E-state index in [1.165, 1.54) is 7.11 Å². The van der Waals surface area contributed by atoms with Gasteiger partial charge in [0.15, 0.2) is 6.23 Å². The molecule has 10 nitrogen and oxygen atoms in total. The van der Waals surface area contributed by atoms with Crippen LogP contribution in [-0.2, 0) is 9.47 Å². The molecule has 1 aliphatic rings. The number of methoxy groups -OCH3 is 1. The molecule has 0 radical (unpaired) electrons. The number of hydrogen-bond acceptors (Lipinski definition) is 7. The summed E-state index contributed by atoms with van der Waals surface area (Å²) in [6.45, 7) is -0.590. The topological polar surface area (TPSA) is 153 Å². The molecule has 6 rings (SSSR count). The molecule has 0 aliphatic carbocycles. The number of aliphatic hydroxyl groups excluding tert-OH is 4. The van der Waals surface area contributed by atoms with Gasteiger partial charge in [0.1, 0.15) is 30.1 Å². The molecule has 1 fully saturated rings. The van der Waals surface area contributed by atoms with Crippen molar-refractivity contribution in [2.24, 2.45) is 0 Å². The van der Waals surface area contributed by atoms with Crippen LogP contribution in [0.4, 0.5) is 0 Å². The number of aromatic amines is 2. The highest BCUT2D eigenvalue weighted by Crippen LogP contribution is 2.45. The van der Waals surface area contributed by atoms with E-state index in [9.17, 15) is 25.2 Å². The van der Waals surface area contributed by atoms with E-state index in [1.54, 1.807) is 47.4 Å². The SMILES string of the molecule is COC(=O)c1[nH]cc(-c2cn([C@@H]3O[C@H](CO)[C@@H](O)[C@H](O)[C@H]3O)c3cc(Cl)c(Cl)cc23)c1-c1c[nH]c2ccc(Cl)cc12. The van der Waals surface area contributed by atoms with Gasteiger partial charge in [0.2, 0.25) is 0 Å². The highest BCUT2D eigenvalue weighted by atomic mass is 35.5. The van der Waals surface area contributed by atoms with Gasteiger partial charge in [-0.15, -0.1) is 0 Å². The van der Waals surface area contributed by atoms with Gasteiger partial charge in [-0.05, 0) is 30.3 Å². The zero-order valence-corrected chi connectivity index (χ0v) is 23.6. The molecular weight excluding hydrogens is 597 g/mol. The Morgan fingerprint density at radius 1 is 0.951 bits per heavy atom. The molecule has 0 spiro atoms. The first-order valence-corrected chi connectivity index (χ1v) is 13.6. The summed E-state index contributed by atoms with van der Waals surface area (Å²) in [5, 5.41) is 43.8. The number of ether oxygens (including phenoxy) is 2. The van der Waals surface area contributed by atoms with Crippen molar-refractivity contribution in [2.75, 3.05) is 13.7 Å². The van der Waals surface area contributed by atoms with Crippen molar-refractivity contribution < 1.29 is 34.7 Å². The molecule has 6 N–H and O–H groups in total. The third-order valence-corrected chi connectivity index (χ3v) is 8.45. The number of halogens is 3. The molecular formula is C28H24Cl3N3O7. The maximum atomic E-state index is 12.9. The van der Waals surface area contributed by atoms with Crippen LogP contribution in [0.25, 0.3) is 44.1 Å². The smallest absolute Gasteiger partial charge is 0.355 e. The van der Waals surface area contributed by atoms with Crippen LogP contribution in [0.3, 0.4) is 0 Å². The van der Waals surface area contributed by atoms with Crippen molar-refractivity contribution in [1.82, 2.24) is 14.5 Å². The largest absolute Gasteiger partial charge is 0.464 e. The van der Waals surface area contributed by atoms with Crippen LogP contribution < -0.4 is 0 Å². The molecule has 5 atom stereocenters. The van der Waals surface area contributed by atoms with Crippen LogP contribution in [0, 0.1) is 0 Å². The lowest BCUT2D eigenvalue weighted by atomic mass is 9.96. The monoisotopic (exact) mass is 619 g/mol. The molecule has 13 heteroatoms. The number of benzene rings is 2. The minimum Gasteiger partial charge on any atom is -0.464 e. The molecule has 2 aromatic carbocycles. The Morgan fingerprint density at radius 3 is 2.41 bits per heavy atom. The Kier molecular flexibility index (Phi) is 7.29. The third kappa shape index (κ3) is 4.52. The predicted octanol–water partition coefficient (Wildman–Crippen LogP) is 4.50. The Labute approximate surface area is 247 Å². The molecule has 41 heavy (non-hydrogen) atoms. The van der Waals surface area contributed by atoms with Crippen molar-refractivity contribution in [3.8, 4) is 22.3 Å². The standard InChI is InChI=1S/C28H24Cl3N3O7/c1-40-28(39)23-22(14-7-32-19-3-2-11(29)4-12(14)19)15(8-33-23)16-9-34(20-6-18(31)17(30)5-13(16)20)27-26(38)25(37)24(36)21(10-35)41-27/h2-9,21,24-27,32-33,35-38H,10H2,1H3/t21-,24-,25+,26-,27-/m1/s1. The van der Waals surface area contributed by atoms with Gasteiger partial charge in [-0.25, -0.2) is 4.79 Å². The van der Waals surface area contributed by atoms with E-state index >= 15 is 0 Å². The first-order valence-electron chi connectivity index (χ1n) is 12.5. The van der Waals surface area contributed by atoms with Gasteiger partial charge in [-0.2, -0.15) is 0 Å².